The molecule has 0 bridgehead atoms. The number of hydrogen-bond donors (Lipinski definition) is 0. The van der Waals surface area contributed by atoms with Gasteiger partial charge in [-0.2, -0.15) is 0 Å². The Hall–Kier alpha value is 2.35. The number of hydrogen-bond acceptors (Lipinski definition) is 0. The summed E-state index contributed by atoms with van der Waals surface area (Å²) in [7, 11) is 0. The standard InChI is InChI=1S/Mn.Mo.Se.Zn. The van der Waals surface area contributed by atoms with Crippen molar-refractivity contribution in [3.05, 3.63) is 0 Å². The van der Waals surface area contributed by atoms with Gasteiger partial charge >= 0.3 is 0 Å². The fourth-order valence-electron chi connectivity index (χ4n) is 0. The first-order valence-electron chi connectivity index (χ1n) is 0. The second kappa shape index (κ2) is 18.3. The van der Waals surface area contributed by atoms with Crippen LogP contribution >= 0.6 is 0 Å². The topological polar surface area (TPSA) is 0 Å². The van der Waals surface area contributed by atoms with Crippen molar-refractivity contribution in [2.24, 2.45) is 0 Å². The third-order valence-corrected chi connectivity index (χ3v) is 0. The molecule has 0 fully saturated rings. The van der Waals surface area contributed by atoms with Gasteiger partial charge in [-0.15, -0.1) is 0 Å². The van der Waals surface area contributed by atoms with Crippen LogP contribution in [0.2, 0.25) is 0 Å². The van der Waals surface area contributed by atoms with Gasteiger partial charge < -0.3 is 0 Å². The Morgan fingerprint density at radius 3 is 1.00 bits per heavy atom. The third-order valence-electron chi connectivity index (χ3n) is 0. The second-order valence-corrected chi connectivity index (χ2v) is 0. The summed E-state index contributed by atoms with van der Waals surface area (Å²) < 4.78 is 0. The molecule has 4 heavy (non-hydrogen) atoms. The van der Waals surface area contributed by atoms with Crippen LogP contribution in [0.1, 0.15) is 0 Å². The van der Waals surface area contributed by atoms with Crippen molar-refractivity contribution in [3.8, 4) is 0 Å². The molecule has 4 heteroatoms. The van der Waals surface area contributed by atoms with Crippen LogP contribution in [0.15, 0.2) is 0 Å². The zero-order chi connectivity index (χ0) is 0. The Balaban J connectivity index is 0. The van der Waals surface area contributed by atoms with E-state index in [4.69, 9.17) is 0 Å². The maximum Gasteiger partial charge on any atom is 0 e. The van der Waals surface area contributed by atoms with Gasteiger partial charge in [0, 0.05) is 74.7 Å². The third kappa shape index (κ3) is 8.84. The van der Waals surface area contributed by atoms with Crippen LogP contribution in [0, 0.1) is 0 Å². The van der Waals surface area contributed by atoms with Gasteiger partial charge in [0.25, 0.3) is 0 Å². The van der Waals surface area contributed by atoms with Gasteiger partial charge in [-0.1, -0.05) is 0 Å². The van der Waals surface area contributed by atoms with Gasteiger partial charge in [-0.3, -0.25) is 0 Å². The molecule has 0 aromatic carbocycles. The molecule has 0 unspecified atom stereocenters. The van der Waals surface area contributed by atoms with Crippen LogP contribution < -0.4 is 0 Å². The molecular formula is MnMoSeZn. The van der Waals surface area contributed by atoms with Gasteiger partial charge in [-0.25, -0.2) is 0 Å². The molecule has 0 amide bonds. The second-order valence-electron chi connectivity index (χ2n) is 0. The smallest absolute Gasteiger partial charge is 0 e. The zero-order valence-corrected chi connectivity index (χ0v) is 9.77. The molecule has 21 valence electrons. The average molecular weight is 295 g/mol. The van der Waals surface area contributed by atoms with Crippen LogP contribution in [-0.4, -0.2) is 17.1 Å². The minimum Gasteiger partial charge on any atom is 0 e. The van der Waals surface area contributed by atoms with Crippen molar-refractivity contribution in [2.75, 3.05) is 0 Å². The van der Waals surface area contributed by atoms with Gasteiger partial charge in [0.15, 0.2) is 0 Å². The molecule has 0 saturated heterocycles. The SMILES string of the molecule is [Mn].[Mo].[Se].[Zn]. The first-order valence-corrected chi connectivity index (χ1v) is 0. The zero-order valence-electron chi connectivity index (χ0n) is 1.90. The predicted molar refractivity (Wildman–Crippen MR) is 5.75 cm³/mol. The number of rotatable bonds is 0. The summed E-state index contributed by atoms with van der Waals surface area (Å²) >= 11 is 0. The minimum atomic E-state index is 0. The van der Waals surface area contributed by atoms with E-state index >= 15 is 0 Å². The molecule has 0 rings (SSSR count). The average Bonchev–Trinajstić information content (AvgIpc) is 0. The summed E-state index contributed by atoms with van der Waals surface area (Å²) in [4.78, 5) is 0. The van der Waals surface area contributed by atoms with Crippen LogP contribution in [0.3, 0.4) is 0 Å². The first kappa shape index (κ1) is 32.9. The van der Waals surface area contributed by atoms with E-state index in [1.54, 1.807) is 0 Å². The summed E-state index contributed by atoms with van der Waals surface area (Å²) in [5, 5.41) is 0. The monoisotopic (exact) mass is 297 g/mol. The Morgan fingerprint density at radius 1 is 1.00 bits per heavy atom. The van der Waals surface area contributed by atoms with Crippen LogP contribution in [0.25, 0.3) is 0 Å². The Bertz CT molecular complexity index is 8.00. The fourth-order valence-corrected chi connectivity index (χ4v) is 0. The molecule has 0 aliphatic heterocycles. The molecule has 0 aromatic heterocycles. The molecule has 0 aliphatic carbocycles. The van der Waals surface area contributed by atoms with Crippen molar-refractivity contribution in [1.82, 2.24) is 0 Å². The van der Waals surface area contributed by atoms with Gasteiger partial charge in [0.05, 0.1) is 0 Å². The normalized spacial score (nSPS) is 0. The molecule has 0 heterocycles. The predicted octanol–water partition coefficient (Wildman–Crippen LogP) is -0.388. The van der Waals surface area contributed by atoms with E-state index in [9.17, 15) is 0 Å². The van der Waals surface area contributed by atoms with Crippen molar-refractivity contribution >= 4 is 17.1 Å². The quantitative estimate of drug-likeness (QED) is 0.534. The van der Waals surface area contributed by atoms with E-state index in [-0.39, 0.29) is 74.7 Å². The maximum atomic E-state index is 0. The molecule has 0 aromatic rings. The molecule has 0 spiro atoms. The Labute approximate surface area is 73.8 Å². The van der Waals surface area contributed by atoms with Crippen LogP contribution in [0.4, 0.5) is 0 Å². The molecule has 0 nitrogen and oxygen atoms in total. The van der Waals surface area contributed by atoms with Crippen molar-refractivity contribution < 1.29 is 57.6 Å². The fraction of sp³-hybridized carbons (Fsp3) is 0. The van der Waals surface area contributed by atoms with Gasteiger partial charge in [-0.05, 0) is 0 Å². The van der Waals surface area contributed by atoms with Crippen LogP contribution in [0.5, 0.6) is 0 Å². The van der Waals surface area contributed by atoms with E-state index in [1.165, 1.54) is 0 Å². The van der Waals surface area contributed by atoms with Crippen molar-refractivity contribution in [3.63, 3.8) is 0 Å². The Kier molecular flexibility index (Phi) is 151. The Morgan fingerprint density at radius 2 is 1.00 bits per heavy atom. The van der Waals surface area contributed by atoms with Crippen LogP contribution in [-0.2, 0) is 57.6 Å². The van der Waals surface area contributed by atoms with E-state index in [0.717, 1.165) is 0 Å². The first-order chi connectivity index (χ1) is 0. The van der Waals surface area contributed by atoms with E-state index in [1.807, 2.05) is 0 Å². The molecule has 0 atom stereocenters. The van der Waals surface area contributed by atoms with Gasteiger partial charge in [0.2, 0.25) is 0 Å². The maximum absolute atomic E-state index is 0. The summed E-state index contributed by atoms with van der Waals surface area (Å²) in [5.74, 6) is 0. The van der Waals surface area contributed by atoms with E-state index < -0.39 is 0 Å². The summed E-state index contributed by atoms with van der Waals surface area (Å²) in [5.41, 5.74) is 0. The minimum absolute atomic E-state index is 0. The largest absolute Gasteiger partial charge is 0 e. The molecule has 0 N–H and O–H groups in total. The molecule has 0 saturated carbocycles. The van der Waals surface area contributed by atoms with E-state index in [2.05, 4.69) is 0 Å². The van der Waals surface area contributed by atoms with Crippen molar-refractivity contribution in [2.45, 2.75) is 0 Å². The van der Waals surface area contributed by atoms with Crippen molar-refractivity contribution in [1.29, 1.82) is 0 Å². The molecule has 0 aliphatic rings. The summed E-state index contributed by atoms with van der Waals surface area (Å²) in [6.45, 7) is 0. The molecule has 3 radical (unpaired) electrons. The van der Waals surface area contributed by atoms with E-state index in [0.29, 0.717) is 0 Å². The summed E-state index contributed by atoms with van der Waals surface area (Å²) in [6.07, 6.45) is 0. The summed E-state index contributed by atoms with van der Waals surface area (Å²) in [6, 6.07) is 0. The molecular weight excluding hydrogens is 295 g/mol. The van der Waals surface area contributed by atoms with Gasteiger partial charge in [0.1, 0.15) is 0 Å².